The fourth-order valence-electron chi connectivity index (χ4n) is 1.38. The maximum Gasteiger partial charge on any atom is 0.336 e. The molecule has 72 valence electrons. The van der Waals surface area contributed by atoms with E-state index in [9.17, 15) is 4.79 Å². The fraction of sp³-hybridized carbons (Fsp3) is 0.100. The summed E-state index contributed by atoms with van der Waals surface area (Å²) in [6, 6.07) is 6.32. The molecule has 4 heteroatoms. The number of carboxylic acid groups (broad SMARTS) is 1. The second-order valence-corrected chi connectivity index (χ2v) is 2.89. The van der Waals surface area contributed by atoms with Crippen molar-refractivity contribution in [3.05, 3.63) is 35.6 Å². The van der Waals surface area contributed by atoms with Gasteiger partial charge in [-0.1, -0.05) is 6.07 Å². The summed E-state index contributed by atoms with van der Waals surface area (Å²) in [5.74, 6) is -0.630. The van der Waals surface area contributed by atoms with Crippen LogP contribution in [0.15, 0.2) is 28.7 Å². The van der Waals surface area contributed by atoms with Crippen molar-refractivity contribution < 1.29 is 19.4 Å². The van der Waals surface area contributed by atoms with Gasteiger partial charge in [0.05, 0.1) is 5.56 Å². The first kappa shape index (κ1) is 8.77. The molecule has 4 nitrogen and oxygen atoms in total. The molecule has 0 unspecified atom stereocenters. The Labute approximate surface area is 79.4 Å². The van der Waals surface area contributed by atoms with Gasteiger partial charge in [0.15, 0.2) is 0 Å². The average Bonchev–Trinajstić information content (AvgIpc) is 2.59. The maximum absolute atomic E-state index is 10.8. The Bertz CT molecular complexity index is 484. The number of hydrogen-bond donors (Lipinski definition) is 2. The number of hydrogen-bond acceptors (Lipinski definition) is 3. The van der Waals surface area contributed by atoms with Crippen LogP contribution in [0.5, 0.6) is 0 Å². The molecule has 0 radical (unpaired) electrons. The highest BCUT2D eigenvalue weighted by Crippen LogP contribution is 2.23. The third kappa shape index (κ3) is 1.25. The highest BCUT2D eigenvalue weighted by molar-refractivity contribution is 6.02. The highest BCUT2D eigenvalue weighted by atomic mass is 16.4. The minimum atomic E-state index is -0.999. The third-order valence-corrected chi connectivity index (χ3v) is 2.00. The number of fused-ring (bicyclic) bond motifs is 1. The van der Waals surface area contributed by atoms with E-state index in [0.29, 0.717) is 16.7 Å². The van der Waals surface area contributed by atoms with Crippen LogP contribution in [0.1, 0.15) is 16.1 Å². The number of benzene rings is 1. The van der Waals surface area contributed by atoms with Crippen LogP contribution >= 0.6 is 0 Å². The van der Waals surface area contributed by atoms with Gasteiger partial charge in [-0.25, -0.2) is 4.79 Å². The van der Waals surface area contributed by atoms with Gasteiger partial charge in [0, 0.05) is 5.39 Å². The van der Waals surface area contributed by atoms with E-state index < -0.39 is 5.97 Å². The Morgan fingerprint density at radius 1 is 1.43 bits per heavy atom. The van der Waals surface area contributed by atoms with Crippen molar-refractivity contribution in [3.63, 3.8) is 0 Å². The molecule has 0 aliphatic heterocycles. The van der Waals surface area contributed by atoms with Crippen molar-refractivity contribution >= 4 is 16.9 Å². The maximum atomic E-state index is 10.8. The Hall–Kier alpha value is -1.81. The van der Waals surface area contributed by atoms with Gasteiger partial charge in [0.2, 0.25) is 0 Å². The van der Waals surface area contributed by atoms with Crippen LogP contribution in [0, 0.1) is 0 Å². The molecule has 0 aliphatic rings. The summed E-state index contributed by atoms with van der Waals surface area (Å²) in [5, 5.41) is 18.2. The number of furan rings is 1. The van der Waals surface area contributed by atoms with Gasteiger partial charge >= 0.3 is 5.97 Å². The van der Waals surface area contributed by atoms with Crippen LogP contribution in [0.4, 0.5) is 0 Å². The molecule has 0 fully saturated rings. The molecule has 1 aromatic heterocycles. The number of aliphatic hydroxyl groups excluding tert-OH is 1. The zero-order valence-electron chi connectivity index (χ0n) is 7.23. The predicted molar refractivity (Wildman–Crippen MR) is 49.1 cm³/mol. The lowest BCUT2D eigenvalue weighted by atomic mass is 10.1. The van der Waals surface area contributed by atoms with Crippen LogP contribution in [-0.2, 0) is 6.61 Å². The van der Waals surface area contributed by atoms with Crippen LogP contribution in [0.25, 0.3) is 11.0 Å². The zero-order valence-corrected chi connectivity index (χ0v) is 7.23. The normalized spacial score (nSPS) is 10.6. The van der Waals surface area contributed by atoms with Crippen molar-refractivity contribution in [1.82, 2.24) is 0 Å². The van der Waals surface area contributed by atoms with E-state index in [2.05, 4.69) is 0 Å². The van der Waals surface area contributed by atoms with Crippen molar-refractivity contribution in [2.45, 2.75) is 6.61 Å². The number of aromatic carboxylic acids is 1. The first-order valence-electron chi connectivity index (χ1n) is 4.08. The number of rotatable bonds is 2. The minimum Gasteiger partial charge on any atom is -0.478 e. The lowest BCUT2D eigenvalue weighted by Gasteiger charge is -1.93. The summed E-state index contributed by atoms with van der Waals surface area (Å²) in [5.41, 5.74) is 0.667. The number of carboxylic acids is 1. The molecule has 2 aromatic rings. The van der Waals surface area contributed by atoms with Crippen LogP contribution < -0.4 is 0 Å². The Balaban J connectivity index is 2.73. The molecule has 0 saturated carbocycles. The first-order valence-corrected chi connectivity index (χ1v) is 4.08. The summed E-state index contributed by atoms with van der Waals surface area (Å²) in [6.07, 6.45) is 0. The van der Waals surface area contributed by atoms with Crippen molar-refractivity contribution in [2.75, 3.05) is 0 Å². The van der Waals surface area contributed by atoms with E-state index in [-0.39, 0.29) is 12.2 Å². The average molecular weight is 192 g/mol. The minimum absolute atomic E-state index is 0.186. The topological polar surface area (TPSA) is 70.7 Å². The van der Waals surface area contributed by atoms with E-state index in [1.807, 2.05) is 0 Å². The van der Waals surface area contributed by atoms with Crippen LogP contribution in [0.2, 0.25) is 0 Å². The largest absolute Gasteiger partial charge is 0.478 e. The zero-order chi connectivity index (χ0) is 10.1. The van der Waals surface area contributed by atoms with Gasteiger partial charge in [-0.15, -0.1) is 0 Å². The molecule has 0 amide bonds. The molecular weight excluding hydrogens is 184 g/mol. The molecule has 14 heavy (non-hydrogen) atoms. The summed E-state index contributed by atoms with van der Waals surface area (Å²) in [6.45, 7) is -0.228. The van der Waals surface area contributed by atoms with Gasteiger partial charge in [-0.05, 0) is 18.2 Å². The van der Waals surface area contributed by atoms with E-state index in [1.165, 1.54) is 6.07 Å². The molecule has 1 heterocycles. The quantitative estimate of drug-likeness (QED) is 0.758. The standard InChI is InChI=1S/C10H8O4/c11-5-6-4-8-7(10(12)13)2-1-3-9(8)14-6/h1-4,11H,5H2,(H,12,13). The molecule has 2 N–H and O–H groups in total. The lowest BCUT2D eigenvalue weighted by molar-refractivity contribution is 0.0699. The summed E-state index contributed by atoms with van der Waals surface area (Å²) < 4.78 is 5.19. The second-order valence-electron chi connectivity index (χ2n) is 2.89. The summed E-state index contributed by atoms with van der Waals surface area (Å²) in [7, 11) is 0. The van der Waals surface area contributed by atoms with E-state index in [1.54, 1.807) is 18.2 Å². The Morgan fingerprint density at radius 3 is 2.86 bits per heavy atom. The summed E-state index contributed by atoms with van der Waals surface area (Å²) >= 11 is 0. The van der Waals surface area contributed by atoms with Crippen LogP contribution in [0.3, 0.4) is 0 Å². The van der Waals surface area contributed by atoms with Crippen LogP contribution in [-0.4, -0.2) is 16.2 Å². The SMILES string of the molecule is O=C(O)c1cccc2oc(CO)cc12. The van der Waals surface area contributed by atoms with Crippen molar-refractivity contribution in [1.29, 1.82) is 0 Å². The van der Waals surface area contributed by atoms with E-state index in [0.717, 1.165) is 0 Å². The van der Waals surface area contributed by atoms with E-state index in [4.69, 9.17) is 14.6 Å². The molecule has 0 atom stereocenters. The smallest absolute Gasteiger partial charge is 0.336 e. The van der Waals surface area contributed by atoms with Gasteiger partial charge in [0.25, 0.3) is 0 Å². The molecule has 2 rings (SSSR count). The fourth-order valence-corrected chi connectivity index (χ4v) is 1.38. The molecule has 0 aliphatic carbocycles. The molecular formula is C10H8O4. The van der Waals surface area contributed by atoms with Gasteiger partial charge in [0.1, 0.15) is 18.0 Å². The lowest BCUT2D eigenvalue weighted by Crippen LogP contribution is -1.95. The van der Waals surface area contributed by atoms with Gasteiger partial charge in [-0.3, -0.25) is 0 Å². The predicted octanol–water partition coefficient (Wildman–Crippen LogP) is 1.62. The molecule has 1 aromatic carbocycles. The molecule has 0 saturated heterocycles. The van der Waals surface area contributed by atoms with Crippen molar-refractivity contribution in [3.8, 4) is 0 Å². The summed E-state index contributed by atoms with van der Waals surface area (Å²) in [4.78, 5) is 10.8. The van der Waals surface area contributed by atoms with Crippen molar-refractivity contribution in [2.24, 2.45) is 0 Å². The van der Waals surface area contributed by atoms with Gasteiger partial charge in [-0.2, -0.15) is 0 Å². The highest BCUT2D eigenvalue weighted by Gasteiger charge is 2.11. The second kappa shape index (κ2) is 3.16. The molecule has 0 spiro atoms. The van der Waals surface area contributed by atoms with E-state index >= 15 is 0 Å². The third-order valence-electron chi connectivity index (χ3n) is 2.00. The molecule has 0 bridgehead atoms. The van der Waals surface area contributed by atoms with Gasteiger partial charge < -0.3 is 14.6 Å². The Kier molecular flexibility index (Phi) is 1.98. The number of carbonyl (C=O) groups is 1. The Morgan fingerprint density at radius 2 is 2.21 bits per heavy atom. The first-order chi connectivity index (χ1) is 6.72. The number of aliphatic hydroxyl groups is 1. The monoisotopic (exact) mass is 192 g/mol.